The Morgan fingerprint density at radius 1 is 1.25 bits per heavy atom. The minimum atomic E-state index is -3.09. The van der Waals surface area contributed by atoms with Crippen LogP contribution in [-0.4, -0.2) is 42.2 Å². The molecule has 0 spiro atoms. The Kier molecular flexibility index (Phi) is 5.06. The van der Waals surface area contributed by atoms with Crippen molar-refractivity contribution in [3.63, 3.8) is 0 Å². The van der Waals surface area contributed by atoms with Crippen LogP contribution in [-0.2, 0) is 13.3 Å². The summed E-state index contributed by atoms with van der Waals surface area (Å²) in [4.78, 5) is 11.3. The molecule has 0 unspecified atom stereocenters. The van der Waals surface area contributed by atoms with Gasteiger partial charge in [0, 0.05) is 27.9 Å². The molecular weight excluding hydrogens is 178 g/mol. The summed E-state index contributed by atoms with van der Waals surface area (Å²) < 4.78 is 14.8. The average Bonchev–Trinajstić information content (AvgIpc) is 2.09. The highest BCUT2D eigenvalue weighted by Crippen LogP contribution is 2.06. The van der Waals surface area contributed by atoms with Gasteiger partial charge in [-0.25, -0.2) is 0 Å². The molecule has 0 heterocycles. The van der Waals surface area contributed by atoms with Gasteiger partial charge in [-0.3, -0.25) is 4.79 Å². The van der Waals surface area contributed by atoms with Gasteiger partial charge in [-0.1, -0.05) is 0 Å². The highest BCUT2D eigenvalue weighted by molar-refractivity contribution is 6.91. The second kappa shape index (κ2) is 5.25. The molecule has 72 valence electrons. The number of nitrogens with one attached hydrogen (secondary N) is 1. The second-order valence-corrected chi connectivity index (χ2v) is 4.82. The predicted octanol–water partition coefficient (Wildman–Crippen LogP) is 0.176. The van der Waals surface area contributed by atoms with Gasteiger partial charge in [0.25, 0.3) is 5.53 Å². The summed E-state index contributed by atoms with van der Waals surface area (Å²) in [7, 11) is 1.10. The van der Waals surface area contributed by atoms with E-state index < -0.39 is 8.80 Å². The lowest BCUT2D eigenvalue weighted by Gasteiger charge is -2.22. The predicted molar refractivity (Wildman–Crippen MR) is 45.9 cm³/mol. The van der Waals surface area contributed by atoms with Crippen molar-refractivity contribution in [3.05, 3.63) is 0 Å². The van der Waals surface area contributed by atoms with Gasteiger partial charge in [-0.05, 0) is 6.92 Å². The van der Waals surface area contributed by atoms with Crippen LogP contribution in [0, 0.1) is 0 Å². The molecule has 1 amide bonds. The molecule has 0 saturated heterocycles. The van der Waals surface area contributed by atoms with Crippen LogP contribution in [0.25, 0.3) is 0 Å². The maximum absolute atomic E-state index is 11.3. The van der Waals surface area contributed by atoms with E-state index in [9.17, 15) is 4.79 Å². The number of carbonyl (C=O) groups is 1. The van der Waals surface area contributed by atoms with Crippen LogP contribution in [0.1, 0.15) is 6.92 Å². The van der Waals surface area contributed by atoms with Crippen LogP contribution < -0.4 is 5.32 Å². The normalized spacial score (nSPS) is 11.3. The van der Waals surface area contributed by atoms with E-state index in [1.807, 2.05) is 6.92 Å². The summed E-state index contributed by atoms with van der Waals surface area (Å²) >= 11 is 0. The summed E-state index contributed by atoms with van der Waals surface area (Å²) in [6, 6.07) is 0. The zero-order valence-electron chi connectivity index (χ0n) is 7.84. The fraction of sp³-hybridized carbons (Fsp3) is 0.833. The molecule has 0 atom stereocenters. The van der Waals surface area contributed by atoms with Gasteiger partial charge in [-0.15, -0.1) is 0 Å². The lowest BCUT2D eigenvalue weighted by molar-refractivity contribution is 0.128. The van der Waals surface area contributed by atoms with Crippen molar-refractivity contribution in [3.8, 4) is 0 Å². The average molecular weight is 193 g/mol. The van der Waals surface area contributed by atoms with Crippen LogP contribution in [0.5, 0.6) is 0 Å². The first-order chi connectivity index (χ1) is 5.66. The van der Waals surface area contributed by atoms with E-state index in [0.29, 0.717) is 6.54 Å². The molecule has 0 rings (SSSR count). The van der Waals surface area contributed by atoms with Crippen molar-refractivity contribution < 1.29 is 18.1 Å². The van der Waals surface area contributed by atoms with Crippen LogP contribution in [0.2, 0.25) is 0 Å². The monoisotopic (exact) mass is 193 g/mol. The smallest absolute Gasteiger partial charge is 0.371 e. The molecule has 0 aromatic heterocycles. The van der Waals surface area contributed by atoms with Crippen molar-refractivity contribution in [2.45, 2.75) is 6.92 Å². The first-order valence-electron chi connectivity index (χ1n) is 3.60. The maximum Gasteiger partial charge on any atom is 0.596 e. The first-order valence-corrected chi connectivity index (χ1v) is 5.33. The Morgan fingerprint density at radius 3 is 1.92 bits per heavy atom. The first kappa shape index (κ1) is 11.6. The molecule has 12 heavy (non-hydrogen) atoms. The maximum atomic E-state index is 11.3. The van der Waals surface area contributed by atoms with E-state index in [4.69, 9.17) is 13.3 Å². The van der Waals surface area contributed by atoms with Gasteiger partial charge >= 0.3 is 8.80 Å². The minimum Gasteiger partial charge on any atom is -0.371 e. The van der Waals surface area contributed by atoms with Gasteiger partial charge in [0.1, 0.15) is 0 Å². The Labute approximate surface area is 73.4 Å². The lowest BCUT2D eigenvalue weighted by atomic mass is 10.8. The van der Waals surface area contributed by atoms with Crippen molar-refractivity contribution in [1.29, 1.82) is 0 Å². The quantitative estimate of drug-likeness (QED) is 0.633. The summed E-state index contributed by atoms with van der Waals surface area (Å²) in [5, 5.41) is 2.59. The van der Waals surface area contributed by atoms with Crippen LogP contribution in [0.4, 0.5) is 4.79 Å². The van der Waals surface area contributed by atoms with Gasteiger partial charge < -0.3 is 18.6 Å². The van der Waals surface area contributed by atoms with E-state index in [-0.39, 0.29) is 5.53 Å². The highest BCUT2D eigenvalue weighted by Gasteiger charge is 2.47. The van der Waals surface area contributed by atoms with Crippen LogP contribution in [0.15, 0.2) is 0 Å². The Hall–Kier alpha value is -0.433. The molecule has 0 bridgehead atoms. The fourth-order valence-electron chi connectivity index (χ4n) is 0.797. The van der Waals surface area contributed by atoms with Crippen LogP contribution >= 0.6 is 0 Å². The van der Waals surface area contributed by atoms with Gasteiger partial charge in [0.2, 0.25) is 0 Å². The third kappa shape index (κ3) is 2.28. The molecule has 0 aliphatic heterocycles. The Balaban J connectivity index is 4.36. The van der Waals surface area contributed by atoms with Crippen molar-refractivity contribution >= 4 is 14.3 Å². The number of carbonyl (C=O) groups excluding carboxylic acids is 1. The third-order valence-electron chi connectivity index (χ3n) is 1.42. The van der Waals surface area contributed by atoms with E-state index in [1.165, 1.54) is 21.3 Å². The molecule has 0 fully saturated rings. The molecule has 6 heteroatoms. The number of amides is 1. The van der Waals surface area contributed by atoms with Crippen molar-refractivity contribution in [2.75, 3.05) is 27.9 Å². The highest BCUT2D eigenvalue weighted by atomic mass is 28.4. The van der Waals surface area contributed by atoms with Gasteiger partial charge in [-0.2, -0.15) is 0 Å². The molecule has 0 aromatic carbocycles. The molecule has 0 aliphatic rings. The molecule has 0 aliphatic carbocycles. The molecule has 0 aromatic rings. The van der Waals surface area contributed by atoms with E-state index >= 15 is 0 Å². The zero-order chi connectivity index (χ0) is 9.61. The molecular formula is C6H15NO4Si. The summed E-state index contributed by atoms with van der Waals surface area (Å²) in [5.74, 6) is 0. The molecule has 5 nitrogen and oxygen atoms in total. The minimum absolute atomic E-state index is 0.308. The number of hydrogen-bond donors (Lipinski definition) is 1. The zero-order valence-corrected chi connectivity index (χ0v) is 8.84. The van der Waals surface area contributed by atoms with E-state index in [1.54, 1.807) is 0 Å². The van der Waals surface area contributed by atoms with Gasteiger partial charge in [0.15, 0.2) is 0 Å². The SMILES string of the molecule is CCNC(=O)[Si](OC)(OC)OC. The molecule has 0 radical (unpaired) electrons. The van der Waals surface area contributed by atoms with E-state index in [2.05, 4.69) is 5.32 Å². The largest absolute Gasteiger partial charge is 0.596 e. The van der Waals surface area contributed by atoms with Crippen LogP contribution in [0.3, 0.4) is 0 Å². The number of hydrogen-bond acceptors (Lipinski definition) is 4. The second-order valence-electron chi connectivity index (χ2n) is 2.03. The Morgan fingerprint density at radius 2 is 1.67 bits per heavy atom. The summed E-state index contributed by atoms with van der Waals surface area (Å²) in [6.07, 6.45) is 0. The molecule has 1 N–H and O–H groups in total. The third-order valence-corrected chi connectivity index (χ3v) is 3.77. The van der Waals surface area contributed by atoms with Gasteiger partial charge in [0.05, 0.1) is 0 Å². The number of rotatable bonds is 5. The fourth-order valence-corrected chi connectivity index (χ4v) is 2.25. The van der Waals surface area contributed by atoms with E-state index in [0.717, 1.165) is 0 Å². The van der Waals surface area contributed by atoms with Crippen molar-refractivity contribution in [2.24, 2.45) is 0 Å². The Bertz CT molecular complexity index is 140. The lowest BCUT2D eigenvalue weighted by Crippen LogP contribution is -2.56. The summed E-state index contributed by atoms with van der Waals surface area (Å²) in [5.41, 5.74) is -0.308. The standard InChI is InChI=1S/C6H15NO4Si/c1-5-7-6(8)12(9-2,10-3)11-4/h5H2,1-4H3,(H,7,8). The van der Waals surface area contributed by atoms with Crippen molar-refractivity contribution in [1.82, 2.24) is 5.32 Å². The topological polar surface area (TPSA) is 56.8 Å². The molecule has 0 saturated carbocycles. The summed E-state index contributed by atoms with van der Waals surface area (Å²) in [6.45, 7) is 2.35.